The Labute approximate surface area is 120 Å². The van der Waals surface area contributed by atoms with Crippen LogP contribution in [0.1, 0.15) is 58.3 Å². The second kappa shape index (κ2) is 6.57. The Balaban J connectivity index is 1.84. The number of carbonyl (C=O) groups is 2. The van der Waals surface area contributed by atoms with Gasteiger partial charge in [-0.25, -0.2) is 4.79 Å². The molecule has 5 nitrogen and oxygen atoms in total. The molecule has 2 rings (SSSR count). The van der Waals surface area contributed by atoms with Crippen molar-refractivity contribution in [2.75, 3.05) is 6.61 Å². The molecule has 1 aliphatic carbocycles. The van der Waals surface area contributed by atoms with Gasteiger partial charge in [0, 0.05) is 13.0 Å². The first-order chi connectivity index (χ1) is 9.52. The lowest BCUT2D eigenvalue weighted by Crippen LogP contribution is -2.56. The summed E-state index contributed by atoms with van der Waals surface area (Å²) in [6.07, 6.45) is 6.08. The molecule has 20 heavy (non-hydrogen) atoms. The summed E-state index contributed by atoms with van der Waals surface area (Å²) in [6.45, 7) is 2.91. The molecular weight excluding hydrogens is 258 g/mol. The topological polar surface area (TPSA) is 75.6 Å². The van der Waals surface area contributed by atoms with Gasteiger partial charge in [-0.05, 0) is 50.9 Å². The SMILES string of the molecule is CC1CCC(NC(=O)CCC2CCCO2)(C(=O)O)CC1. The first-order valence-electron chi connectivity index (χ1n) is 7.68. The molecule has 2 N–H and O–H groups in total. The summed E-state index contributed by atoms with van der Waals surface area (Å²) >= 11 is 0. The van der Waals surface area contributed by atoms with Crippen LogP contribution in [0.15, 0.2) is 0 Å². The first kappa shape index (κ1) is 15.3. The van der Waals surface area contributed by atoms with Gasteiger partial charge >= 0.3 is 5.97 Å². The Hall–Kier alpha value is -1.10. The van der Waals surface area contributed by atoms with Crippen LogP contribution >= 0.6 is 0 Å². The molecule has 0 bridgehead atoms. The maximum atomic E-state index is 12.0. The zero-order chi connectivity index (χ0) is 14.6. The number of hydrogen-bond acceptors (Lipinski definition) is 3. The average molecular weight is 283 g/mol. The van der Waals surface area contributed by atoms with Gasteiger partial charge in [0.25, 0.3) is 0 Å². The van der Waals surface area contributed by atoms with Crippen LogP contribution in [-0.4, -0.2) is 35.2 Å². The first-order valence-corrected chi connectivity index (χ1v) is 7.68. The summed E-state index contributed by atoms with van der Waals surface area (Å²) in [5.74, 6) is -0.501. The number of aliphatic carboxylic acids is 1. The van der Waals surface area contributed by atoms with Gasteiger partial charge < -0.3 is 15.2 Å². The van der Waals surface area contributed by atoms with Crippen molar-refractivity contribution < 1.29 is 19.4 Å². The molecule has 1 saturated heterocycles. The van der Waals surface area contributed by atoms with E-state index >= 15 is 0 Å². The minimum atomic E-state index is -1.04. The molecule has 2 fully saturated rings. The van der Waals surface area contributed by atoms with E-state index in [9.17, 15) is 14.7 Å². The number of hydrogen-bond donors (Lipinski definition) is 2. The lowest BCUT2D eigenvalue weighted by Gasteiger charge is -2.36. The van der Waals surface area contributed by atoms with Crippen LogP contribution in [0.4, 0.5) is 0 Å². The molecule has 1 amide bonds. The van der Waals surface area contributed by atoms with Gasteiger partial charge in [-0.15, -0.1) is 0 Å². The van der Waals surface area contributed by atoms with Crippen LogP contribution in [0.2, 0.25) is 0 Å². The van der Waals surface area contributed by atoms with E-state index in [0.717, 1.165) is 32.3 Å². The van der Waals surface area contributed by atoms with E-state index in [0.29, 0.717) is 31.6 Å². The molecule has 2 aliphatic rings. The molecule has 0 aromatic carbocycles. The molecule has 1 aliphatic heterocycles. The molecule has 5 heteroatoms. The number of carboxylic acids is 1. The van der Waals surface area contributed by atoms with Crippen LogP contribution in [-0.2, 0) is 14.3 Å². The Kier molecular flexibility index (Phi) is 5.02. The van der Waals surface area contributed by atoms with Gasteiger partial charge in [-0.1, -0.05) is 6.92 Å². The lowest BCUT2D eigenvalue weighted by molar-refractivity contribution is -0.149. The third-order valence-electron chi connectivity index (χ3n) is 4.63. The molecular formula is C15H25NO4. The highest BCUT2D eigenvalue weighted by molar-refractivity contribution is 5.87. The van der Waals surface area contributed by atoms with E-state index in [-0.39, 0.29) is 12.0 Å². The van der Waals surface area contributed by atoms with Gasteiger partial charge in [-0.3, -0.25) is 4.79 Å². The Bertz CT molecular complexity index is 355. The standard InChI is InChI=1S/C15H25NO4/c1-11-6-8-15(9-7-11,14(18)19)16-13(17)5-4-12-3-2-10-20-12/h11-12H,2-10H2,1H3,(H,16,17)(H,18,19). The van der Waals surface area contributed by atoms with E-state index in [1.54, 1.807) is 0 Å². The normalized spacial score (nSPS) is 33.9. The second-order valence-electron chi connectivity index (χ2n) is 6.29. The van der Waals surface area contributed by atoms with Gasteiger partial charge in [0.15, 0.2) is 0 Å². The van der Waals surface area contributed by atoms with Gasteiger partial charge in [0.1, 0.15) is 5.54 Å². The Morgan fingerprint density at radius 2 is 2.00 bits per heavy atom. The molecule has 1 atom stereocenters. The minimum absolute atomic E-state index is 0.155. The number of rotatable bonds is 5. The molecule has 1 saturated carbocycles. The predicted octanol–water partition coefficient (Wildman–Crippen LogP) is 2.10. The maximum Gasteiger partial charge on any atom is 0.329 e. The average Bonchev–Trinajstić information content (AvgIpc) is 2.92. The highest BCUT2D eigenvalue weighted by Crippen LogP contribution is 2.32. The van der Waals surface area contributed by atoms with Crippen molar-refractivity contribution in [3.63, 3.8) is 0 Å². The monoisotopic (exact) mass is 283 g/mol. The van der Waals surface area contributed by atoms with Gasteiger partial charge in [0.2, 0.25) is 5.91 Å². The minimum Gasteiger partial charge on any atom is -0.480 e. The number of nitrogens with one attached hydrogen (secondary N) is 1. The predicted molar refractivity (Wildman–Crippen MR) is 74.3 cm³/mol. The fourth-order valence-corrected chi connectivity index (χ4v) is 3.14. The molecule has 0 radical (unpaired) electrons. The van der Waals surface area contributed by atoms with Gasteiger partial charge in [0.05, 0.1) is 6.10 Å². The largest absolute Gasteiger partial charge is 0.480 e. The lowest BCUT2D eigenvalue weighted by atomic mass is 9.77. The summed E-state index contributed by atoms with van der Waals surface area (Å²) in [4.78, 5) is 23.6. The highest BCUT2D eigenvalue weighted by atomic mass is 16.5. The van der Waals surface area contributed by atoms with Crippen LogP contribution in [0.25, 0.3) is 0 Å². The van der Waals surface area contributed by atoms with E-state index in [2.05, 4.69) is 12.2 Å². The third-order valence-corrected chi connectivity index (χ3v) is 4.63. The molecule has 0 aromatic heterocycles. The summed E-state index contributed by atoms with van der Waals surface area (Å²) in [7, 11) is 0. The fraction of sp³-hybridized carbons (Fsp3) is 0.867. The maximum absolute atomic E-state index is 12.0. The molecule has 114 valence electrons. The van der Waals surface area contributed by atoms with Crippen LogP contribution in [0, 0.1) is 5.92 Å². The second-order valence-corrected chi connectivity index (χ2v) is 6.29. The van der Waals surface area contributed by atoms with Crippen molar-refractivity contribution >= 4 is 11.9 Å². The van der Waals surface area contributed by atoms with Crippen LogP contribution in [0.3, 0.4) is 0 Å². The molecule has 0 spiro atoms. The van der Waals surface area contributed by atoms with Crippen LogP contribution in [0.5, 0.6) is 0 Å². The Morgan fingerprint density at radius 3 is 2.55 bits per heavy atom. The zero-order valence-electron chi connectivity index (χ0n) is 12.2. The van der Waals surface area contributed by atoms with Gasteiger partial charge in [-0.2, -0.15) is 0 Å². The van der Waals surface area contributed by atoms with E-state index in [1.165, 1.54) is 0 Å². The Morgan fingerprint density at radius 1 is 1.30 bits per heavy atom. The smallest absolute Gasteiger partial charge is 0.329 e. The van der Waals surface area contributed by atoms with Crippen molar-refractivity contribution in [2.45, 2.75) is 69.9 Å². The number of carboxylic acid groups (broad SMARTS) is 1. The van der Waals surface area contributed by atoms with E-state index < -0.39 is 11.5 Å². The highest BCUT2D eigenvalue weighted by Gasteiger charge is 2.42. The number of amides is 1. The zero-order valence-corrected chi connectivity index (χ0v) is 12.2. The number of ether oxygens (including phenoxy) is 1. The van der Waals surface area contributed by atoms with E-state index in [1.807, 2.05) is 0 Å². The summed E-state index contributed by atoms with van der Waals surface area (Å²) in [5.41, 5.74) is -1.04. The quantitative estimate of drug-likeness (QED) is 0.810. The van der Waals surface area contributed by atoms with E-state index in [4.69, 9.17) is 4.74 Å². The van der Waals surface area contributed by atoms with Crippen molar-refractivity contribution in [3.05, 3.63) is 0 Å². The van der Waals surface area contributed by atoms with Crippen LogP contribution < -0.4 is 5.32 Å². The molecule has 0 aromatic rings. The molecule has 1 unspecified atom stereocenters. The summed E-state index contributed by atoms with van der Waals surface area (Å²) in [5, 5.41) is 12.2. The van der Waals surface area contributed by atoms with Crippen molar-refractivity contribution in [1.29, 1.82) is 0 Å². The van der Waals surface area contributed by atoms with Crippen molar-refractivity contribution in [3.8, 4) is 0 Å². The summed E-state index contributed by atoms with van der Waals surface area (Å²) in [6, 6.07) is 0. The fourth-order valence-electron chi connectivity index (χ4n) is 3.14. The number of carbonyl (C=O) groups excluding carboxylic acids is 1. The van der Waals surface area contributed by atoms with Crippen molar-refractivity contribution in [2.24, 2.45) is 5.92 Å². The van der Waals surface area contributed by atoms with Crippen molar-refractivity contribution in [1.82, 2.24) is 5.32 Å². The third kappa shape index (κ3) is 3.72. The molecule has 1 heterocycles. The summed E-state index contributed by atoms with van der Waals surface area (Å²) < 4.78 is 5.48.